The van der Waals surface area contributed by atoms with Gasteiger partial charge in [0.15, 0.2) is 0 Å². The number of nitrogens with zero attached hydrogens (tertiary/aromatic N) is 2. The molecule has 2 unspecified atom stereocenters. The number of fused-ring (bicyclic) bond motifs is 1. The van der Waals surface area contributed by atoms with Gasteiger partial charge in [0.25, 0.3) is 0 Å². The molecule has 0 radical (unpaired) electrons. The molecule has 0 aromatic heterocycles. The fourth-order valence-electron chi connectivity index (χ4n) is 5.11. The van der Waals surface area contributed by atoms with E-state index in [1.807, 2.05) is 6.07 Å². The molecule has 2 aromatic rings. The fraction of sp³-hybridized carbons (Fsp3) is 0.407. The maximum atomic E-state index is 13.2. The lowest BCUT2D eigenvalue weighted by molar-refractivity contribution is -0.137. The summed E-state index contributed by atoms with van der Waals surface area (Å²) in [6.07, 6.45) is -1.06. The minimum Gasteiger partial charge on any atom is -0.457 e. The highest BCUT2D eigenvalue weighted by Crippen LogP contribution is 2.42. The lowest BCUT2D eigenvalue weighted by Gasteiger charge is -2.41. The molecule has 2 atom stereocenters. The summed E-state index contributed by atoms with van der Waals surface area (Å²) in [7, 11) is -3.33. The van der Waals surface area contributed by atoms with E-state index in [9.17, 15) is 31.2 Å². The normalized spacial score (nSPS) is 19.7. The predicted molar refractivity (Wildman–Crippen MR) is 135 cm³/mol. The van der Waals surface area contributed by atoms with Crippen molar-refractivity contribution in [2.45, 2.75) is 31.5 Å². The molecule has 38 heavy (non-hydrogen) atoms. The smallest absolute Gasteiger partial charge is 0.416 e. The van der Waals surface area contributed by atoms with Gasteiger partial charge in [0.1, 0.15) is 21.3 Å². The third-order valence-electron chi connectivity index (χ3n) is 6.98. The molecule has 4 rings (SSSR count). The van der Waals surface area contributed by atoms with Crippen LogP contribution in [0.5, 0.6) is 11.5 Å². The summed E-state index contributed by atoms with van der Waals surface area (Å²) in [5, 5.41) is 0. The van der Waals surface area contributed by atoms with E-state index in [0.717, 1.165) is 29.5 Å². The van der Waals surface area contributed by atoms with Crippen molar-refractivity contribution in [2.24, 2.45) is 5.92 Å². The molecule has 204 valence electrons. The second-order valence-corrected chi connectivity index (χ2v) is 11.9. The zero-order chi connectivity index (χ0) is 27.7. The van der Waals surface area contributed by atoms with E-state index in [1.54, 1.807) is 21.9 Å². The van der Waals surface area contributed by atoms with Crippen LogP contribution < -0.4 is 4.74 Å². The number of sulfone groups is 1. The highest BCUT2D eigenvalue weighted by Gasteiger charge is 2.40. The quantitative estimate of drug-likeness (QED) is 0.478. The Morgan fingerprint density at radius 1 is 1.11 bits per heavy atom. The number of alkyl halides is 3. The Morgan fingerprint density at radius 3 is 2.42 bits per heavy atom. The van der Waals surface area contributed by atoms with Crippen LogP contribution in [0, 0.1) is 5.92 Å². The second-order valence-electron chi connectivity index (χ2n) is 9.68. The molecule has 2 aliphatic rings. The number of hydrogen-bond acceptors (Lipinski definition) is 5. The maximum Gasteiger partial charge on any atom is 0.416 e. The number of hydrogen-bond donors (Lipinski definition) is 0. The molecular weight excluding hydrogens is 521 g/mol. The zero-order valence-electron chi connectivity index (χ0n) is 20.9. The summed E-state index contributed by atoms with van der Waals surface area (Å²) < 4.78 is 68.0. The summed E-state index contributed by atoms with van der Waals surface area (Å²) in [5.41, 5.74) is 1.04. The van der Waals surface area contributed by atoms with Crippen molar-refractivity contribution >= 4 is 21.7 Å². The number of ether oxygens (including phenoxy) is 1. The molecule has 11 heteroatoms. The Balaban J connectivity index is 1.64. The molecule has 1 saturated heterocycles. The Hall–Kier alpha value is -3.34. The molecule has 2 aromatic carbocycles. The summed E-state index contributed by atoms with van der Waals surface area (Å²) in [4.78, 5) is 28.8. The van der Waals surface area contributed by atoms with Crippen LogP contribution in [-0.2, 0) is 32.0 Å². The summed E-state index contributed by atoms with van der Waals surface area (Å²) in [6, 6.07) is 9.37. The molecule has 1 fully saturated rings. The number of halogens is 3. The first-order valence-corrected chi connectivity index (χ1v) is 14.3. The summed E-state index contributed by atoms with van der Waals surface area (Å²) in [5.74, 6) is -0.205. The van der Waals surface area contributed by atoms with Crippen LogP contribution >= 0.6 is 0 Å². The van der Waals surface area contributed by atoms with E-state index in [4.69, 9.17) is 4.74 Å². The van der Waals surface area contributed by atoms with Gasteiger partial charge in [-0.15, -0.1) is 0 Å². The number of rotatable bonds is 7. The van der Waals surface area contributed by atoms with E-state index in [0.29, 0.717) is 38.2 Å². The van der Waals surface area contributed by atoms with Gasteiger partial charge in [-0.3, -0.25) is 9.59 Å². The molecule has 7 nitrogen and oxygen atoms in total. The largest absolute Gasteiger partial charge is 0.457 e. The Labute approximate surface area is 219 Å². The van der Waals surface area contributed by atoms with Crippen molar-refractivity contribution in [3.63, 3.8) is 0 Å². The van der Waals surface area contributed by atoms with Crippen molar-refractivity contribution in [3.8, 4) is 11.5 Å². The number of benzene rings is 2. The minimum atomic E-state index is -4.45. The van der Waals surface area contributed by atoms with Crippen LogP contribution in [0.3, 0.4) is 0 Å². The van der Waals surface area contributed by atoms with Gasteiger partial charge in [0.2, 0.25) is 11.8 Å². The number of carbonyl (C=O) groups excluding carboxylic acids is 2. The molecule has 2 aliphatic heterocycles. The van der Waals surface area contributed by atoms with Crippen molar-refractivity contribution in [1.82, 2.24) is 9.80 Å². The van der Waals surface area contributed by atoms with Crippen molar-refractivity contribution in [2.75, 3.05) is 31.6 Å². The zero-order valence-corrected chi connectivity index (χ0v) is 21.7. The van der Waals surface area contributed by atoms with Crippen molar-refractivity contribution < 1.29 is 35.9 Å². The average Bonchev–Trinajstić information content (AvgIpc) is 3.35. The monoisotopic (exact) mass is 550 g/mol. The first-order valence-electron chi connectivity index (χ1n) is 12.2. The van der Waals surface area contributed by atoms with E-state index >= 15 is 0 Å². The van der Waals surface area contributed by atoms with Gasteiger partial charge in [-0.05, 0) is 66.4 Å². The molecule has 0 bridgehead atoms. The van der Waals surface area contributed by atoms with Gasteiger partial charge in [0.05, 0.1) is 17.4 Å². The second kappa shape index (κ2) is 10.8. The van der Waals surface area contributed by atoms with E-state index in [1.165, 1.54) is 18.2 Å². The van der Waals surface area contributed by atoms with Gasteiger partial charge >= 0.3 is 6.18 Å². The third-order valence-corrected chi connectivity index (χ3v) is 7.92. The minimum absolute atomic E-state index is 0.0959. The molecule has 0 spiro atoms. The predicted octanol–water partition coefficient (Wildman–Crippen LogP) is 4.39. The van der Waals surface area contributed by atoms with Gasteiger partial charge in [0, 0.05) is 38.2 Å². The first kappa shape index (κ1) is 27.7. The fourth-order valence-corrected chi connectivity index (χ4v) is 5.66. The van der Waals surface area contributed by atoms with Crippen molar-refractivity contribution in [1.29, 1.82) is 0 Å². The van der Waals surface area contributed by atoms with E-state index < -0.39 is 27.6 Å². The Kier molecular flexibility index (Phi) is 7.87. The van der Waals surface area contributed by atoms with Crippen LogP contribution in [0.2, 0.25) is 0 Å². The Bertz CT molecular complexity index is 1330. The molecule has 2 amide bonds. The molecule has 0 saturated carbocycles. The van der Waals surface area contributed by atoms with Crippen LogP contribution in [-0.4, -0.2) is 61.7 Å². The number of likely N-dealkylation sites (tertiary alicyclic amines) is 1. The SMILES string of the molecule is C=CC(=O)N1CCC(C2c3cc(Oc4ccc(C(F)(F)F)cc4)ccc3CCN2C(=O)CCS(C)(=O)=O)C1. The van der Waals surface area contributed by atoms with E-state index in [2.05, 4.69) is 6.58 Å². The van der Waals surface area contributed by atoms with Gasteiger partial charge < -0.3 is 14.5 Å². The number of amides is 2. The molecule has 2 heterocycles. The number of carbonyl (C=O) groups is 2. The van der Waals surface area contributed by atoms with Crippen LogP contribution in [0.25, 0.3) is 0 Å². The molecule has 0 aliphatic carbocycles. The van der Waals surface area contributed by atoms with E-state index in [-0.39, 0.29) is 35.7 Å². The summed E-state index contributed by atoms with van der Waals surface area (Å²) >= 11 is 0. The van der Waals surface area contributed by atoms with Gasteiger partial charge in [-0.25, -0.2) is 8.42 Å². The lowest BCUT2D eigenvalue weighted by Crippen LogP contribution is -2.44. The first-order chi connectivity index (χ1) is 17.9. The Morgan fingerprint density at radius 2 is 1.79 bits per heavy atom. The topological polar surface area (TPSA) is 84.0 Å². The molecular formula is C27H29F3N2O5S. The van der Waals surface area contributed by atoms with Crippen molar-refractivity contribution in [3.05, 3.63) is 71.8 Å². The van der Waals surface area contributed by atoms with Crippen LogP contribution in [0.1, 0.15) is 35.6 Å². The molecule has 0 N–H and O–H groups in total. The van der Waals surface area contributed by atoms with Crippen LogP contribution in [0.4, 0.5) is 13.2 Å². The van der Waals surface area contributed by atoms with Crippen LogP contribution in [0.15, 0.2) is 55.1 Å². The maximum absolute atomic E-state index is 13.2. The lowest BCUT2D eigenvalue weighted by atomic mass is 9.83. The average molecular weight is 551 g/mol. The highest BCUT2D eigenvalue weighted by molar-refractivity contribution is 7.90. The standard InChI is InChI=1S/C27H29F3N2O5S/c1-3-24(33)31-13-10-19(17-31)26-23-16-22(37-21-8-5-20(6-9-21)27(28,29)30)7-4-18(23)11-14-32(26)25(34)12-15-38(2,35)36/h3-9,16,19,26H,1,10-15,17H2,2H3. The summed E-state index contributed by atoms with van der Waals surface area (Å²) in [6.45, 7) is 4.88. The third kappa shape index (κ3) is 6.38. The highest BCUT2D eigenvalue weighted by atomic mass is 32.2. The van der Waals surface area contributed by atoms with Gasteiger partial charge in [-0.2, -0.15) is 13.2 Å². The van der Waals surface area contributed by atoms with Gasteiger partial charge in [-0.1, -0.05) is 12.6 Å².